The molecule has 2 N–H and O–H groups in total. The lowest BCUT2D eigenvalue weighted by Gasteiger charge is -2.28. The van der Waals surface area contributed by atoms with Crippen LogP contribution in [0.5, 0.6) is 5.75 Å². The molecule has 3 aromatic rings. The summed E-state index contributed by atoms with van der Waals surface area (Å²) in [6.45, 7) is 4.33. The summed E-state index contributed by atoms with van der Waals surface area (Å²) < 4.78 is 5.15. The monoisotopic (exact) mass is 419 g/mol. The number of benzene rings is 3. The molecule has 0 spiro atoms. The van der Waals surface area contributed by atoms with E-state index in [1.165, 1.54) is 0 Å². The molecule has 1 unspecified atom stereocenters. The Hall–Kier alpha value is -3.54. The summed E-state index contributed by atoms with van der Waals surface area (Å²) in [4.78, 5) is 27.1. The summed E-state index contributed by atoms with van der Waals surface area (Å²) in [7, 11) is 1.60. The molecule has 0 aliphatic heterocycles. The van der Waals surface area contributed by atoms with Gasteiger partial charge in [-0.05, 0) is 60.5 Å². The van der Waals surface area contributed by atoms with E-state index in [0.29, 0.717) is 12.2 Å². The van der Waals surface area contributed by atoms with E-state index in [0.717, 1.165) is 28.6 Å². The van der Waals surface area contributed by atoms with Gasteiger partial charge >= 0.3 is 6.03 Å². The molecule has 3 rings (SSSR count). The Kier molecular flexibility index (Phi) is 7.49. The fraction of sp³-hybridized carbons (Fsp3) is 0.280. The molecular formula is C25H29N3O3. The van der Waals surface area contributed by atoms with Crippen molar-refractivity contribution in [3.8, 4) is 5.75 Å². The zero-order valence-electron chi connectivity index (χ0n) is 18.2. The fourth-order valence-corrected chi connectivity index (χ4v) is 3.32. The van der Waals surface area contributed by atoms with Crippen molar-refractivity contribution in [2.45, 2.75) is 32.7 Å². The second-order valence-electron chi connectivity index (χ2n) is 7.47. The van der Waals surface area contributed by atoms with Gasteiger partial charge in [0.15, 0.2) is 0 Å². The molecule has 0 saturated carbocycles. The molecule has 6 nitrogen and oxygen atoms in total. The molecule has 0 radical (unpaired) electrons. The van der Waals surface area contributed by atoms with Crippen LogP contribution in [0.25, 0.3) is 10.8 Å². The summed E-state index contributed by atoms with van der Waals surface area (Å²) in [5.41, 5.74) is 1.43. The maximum Gasteiger partial charge on any atom is 0.322 e. The number of rotatable bonds is 8. The molecule has 0 fully saturated rings. The molecule has 0 heterocycles. The third kappa shape index (κ3) is 5.98. The van der Waals surface area contributed by atoms with Crippen LogP contribution in [0.15, 0.2) is 66.7 Å². The van der Waals surface area contributed by atoms with Crippen LogP contribution in [0.4, 0.5) is 16.2 Å². The number of ether oxygens (including phenoxy) is 1. The van der Waals surface area contributed by atoms with Gasteiger partial charge in [-0.25, -0.2) is 4.79 Å². The first-order valence-electron chi connectivity index (χ1n) is 10.5. The Balaban J connectivity index is 1.60. The van der Waals surface area contributed by atoms with Crippen LogP contribution >= 0.6 is 0 Å². The first-order valence-corrected chi connectivity index (χ1v) is 10.5. The number of hydrogen-bond acceptors (Lipinski definition) is 3. The number of nitrogens with one attached hydrogen (secondary N) is 2. The lowest BCUT2D eigenvalue weighted by Crippen LogP contribution is -2.42. The largest absolute Gasteiger partial charge is 0.497 e. The van der Waals surface area contributed by atoms with Gasteiger partial charge in [0.05, 0.1) is 7.11 Å². The predicted octanol–water partition coefficient (Wildman–Crippen LogP) is 5.51. The van der Waals surface area contributed by atoms with Crippen LogP contribution in [0, 0.1) is 0 Å². The second-order valence-corrected chi connectivity index (χ2v) is 7.47. The van der Waals surface area contributed by atoms with Gasteiger partial charge in [0.25, 0.3) is 0 Å². The van der Waals surface area contributed by atoms with Crippen LogP contribution in [0.1, 0.15) is 26.7 Å². The van der Waals surface area contributed by atoms with Crippen molar-refractivity contribution in [2.75, 3.05) is 24.3 Å². The Bertz CT molecular complexity index is 1030. The van der Waals surface area contributed by atoms with E-state index in [-0.39, 0.29) is 24.4 Å². The minimum atomic E-state index is -0.224. The van der Waals surface area contributed by atoms with Crippen molar-refractivity contribution < 1.29 is 14.3 Å². The molecular weight excluding hydrogens is 390 g/mol. The highest BCUT2D eigenvalue weighted by molar-refractivity contribution is 5.95. The van der Waals surface area contributed by atoms with Gasteiger partial charge in [0.1, 0.15) is 5.75 Å². The first-order chi connectivity index (χ1) is 15.0. The van der Waals surface area contributed by atoms with E-state index in [1.54, 1.807) is 36.3 Å². The van der Waals surface area contributed by atoms with Gasteiger partial charge in [-0.15, -0.1) is 0 Å². The Morgan fingerprint density at radius 3 is 2.29 bits per heavy atom. The van der Waals surface area contributed by atoms with Crippen molar-refractivity contribution in [1.29, 1.82) is 0 Å². The molecule has 0 saturated heterocycles. The maximum absolute atomic E-state index is 12.8. The third-order valence-electron chi connectivity index (χ3n) is 5.34. The topological polar surface area (TPSA) is 70.7 Å². The first kappa shape index (κ1) is 22.2. The van der Waals surface area contributed by atoms with Crippen molar-refractivity contribution in [3.05, 3.63) is 66.7 Å². The molecule has 3 amide bonds. The van der Waals surface area contributed by atoms with Crippen molar-refractivity contribution >= 4 is 34.1 Å². The fourth-order valence-electron chi connectivity index (χ4n) is 3.32. The number of nitrogens with zero attached hydrogens (tertiary/aromatic N) is 1. The number of fused-ring (bicyclic) bond motifs is 1. The number of urea groups is 1. The molecule has 0 aromatic heterocycles. The lowest BCUT2D eigenvalue weighted by molar-refractivity contribution is -0.116. The van der Waals surface area contributed by atoms with Gasteiger partial charge < -0.3 is 20.3 Å². The highest BCUT2D eigenvalue weighted by Crippen LogP contribution is 2.19. The van der Waals surface area contributed by atoms with Gasteiger partial charge in [0.2, 0.25) is 5.91 Å². The van der Waals surface area contributed by atoms with E-state index >= 15 is 0 Å². The van der Waals surface area contributed by atoms with Gasteiger partial charge in [0, 0.05) is 30.4 Å². The quantitative estimate of drug-likeness (QED) is 0.506. The molecule has 0 aliphatic carbocycles. The van der Waals surface area contributed by atoms with Gasteiger partial charge in [-0.2, -0.15) is 0 Å². The summed E-state index contributed by atoms with van der Waals surface area (Å²) >= 11 is 0. The van der Waals surface area contributed by atoms with Crippen LogP contribution in [-0.4, -0.2) is 36.5 Å². The van der Waals surface area contributed by atoms with Gasteiger partial charge in [-0.3, -0.25) is 4.79 Å². The standard InChI is InChI=1S/C25H29N3O3/c1-4-18(2)28(25(30)27-21-11-13-23(31-3)14-12-21)16-15-24(29)26-22-10-9-19-7-5-6-8-20(19)17-22/h5-14,17-18H,4,15-16H2,1-3H3,(H,26,29)(H,27,30). The SMILES string of the molecule is CCC(C)N(CCC(=O)Nc1ccc2ccccc2c1)C(=O)Nc1ccc(OC)cc1. The highest BCUT2D eigenvalue weighted by atomic mass is 16.5. The van der Waals surface area contributed by atoms with E-state index in [1.807, 2.05) is 56.3 Å². The molecule has 0 bridgehead atoms. The summed E-state index contributed by atoms with van der Waals surface area (Å²) in [6, 6.07) is 20.8. The van der Waals surface area contributed by atoms with Gasteiger partial charge in [-0.1, -0.05) is 37.3 Å². The minimum absolute atomic E-state index is 0.00622. The molecule has 3 aromatic carbocycles. The van der Waals surface area contributed by atoms with E-state index in [9.17, 15) is 9.59 Å². The Morgan fingerprint density at radius 1 is 0.935 bits per heavy atom. The van der Waals surface area contributed by atoms with E-state index < -0.39 is 0 Å². The lowest BCUT2D eigenvalue weighted by atomic mass is 10.1. The van der Waals surface area contributed by atoms with E-state index in [2.05, 4.69) is 10.6 Å². The molecule has 6 heteroatoms. The molecule has 1 atom stereocenters. The zero-order valence-corrected chi connectivity index (χ0v) is 18.2. The van der Waals surface area contributed by atoms with Crippen molar-refractivity contribution in [3.63, 3.8) is 0 Å². The zero-order chi connectivity index (χ0) is 22.2. The smallest absolute Gasteiger partial charge is 0.322 e. The summed E-state index contributed by atoms with van der Waals surface area (Å²) in [6.07, 6.45) is 1.01. The van der Waals surface area contributed by atoms with Crippen LogP contribution in [-0.2, 0) is 4.79 Å². The van der Waals surface area contributed by atoms with Crippen LogP contribution in [0.3, 0.4) is 0 Å². The number of methoxy groups -OCH3 is 1. The van der Waals surface area contributed by atoms with E-state index in [4.69, 9.17) is 4.74 Å². The number of anilines is 2. The molecule has 162 valence electrons. The number of carbonyl (C=O) groups excluding carboxylic acids is 2. The minimum Gasteiger partial charge on any atom is -0.497 e. The third-order valence-corrected chi connectivity index (χ3v) is 5.34. The predicted molar refractivity (Wildman–Crippen MR) is 126 cm³/mol. The summed E-state index contributed by atoms with van der Waals surface area (Å²) in [5, 5.41) is 8.03. The number of hydrogen-bond donors (Lipinski definition) is 2. The normalized spacial score (nSPS) is 11.6. The Labute approximate surface area is 183 Å². The van der Waals surface area contributed by atoms with Crippen molar-refractivity contribution in [1.82, 2.24) is 4.90 Å². The molecule has 0 aliphatic rings. The second kappa shape index (κ2) is 10.5. The number of amides is 3. The van der Waals surface area contributed by atoms with Crippen molar-refractivity contribution in [2.24, 2.45) is 0 Å². The van der Waals surface area contributed by atoms with Crippen LogP contribution < -0.4 is 15.4 Å². The summed E-state index contributed by atoms with van der Waals surface area (Å²) in [5.74, 6) is 0.600. The molecule has 31 heavy (non-hydrogen) atoms. The average Bonchev–Trinajstić information content (AvgIpc) is 2.79. The average molecular weight is 420 g/mol. The maximum atomic E-state index is 12.8. The van der Waals surface area contributed by atoms with Crippen LogP contribution in [0.2, 0.25) is 0 Å². The Morgan fingerprint density at radius 2 is 1.61 bits per heavy atom. The highest BCUT2D eigenvalue weighted by Gasteiger charge is 2.20. The number of carbonyl (C=O) groups is 2.